The summed E-state index contributed by atoms with van der Waals surface area (Å²) in [6.07, 6.45) is 3.34. The fraction of sp³-hybridized carbons (Fsp3) is 0.167. The molecular formula is C24H22N4O3S. The number of anilines is 1. The number of thioether (sulfide) groups is 1. The van der Waals surface area contributed by atoms with Gasteiger partial charge in [-0.05, 0) is 37.1 Å². The van der Waals surface area contributed by atoms with Crippen molar-refractivity contribution < 1.29 is 14.0 Å². The molecule has 32 heavy (non-hydrogen) atoms. The third-order valence-electron chi connectivity index (χ3n) is 4.95. The first-order chi connectivity index (χ1) is 15.5. The smallest absolute Gasteiger partial charge is 0.287 e. The summed E-state index contributed by atoms with van der Waals surface area (Å²) in [5.74, 6) is -0.101. The van der Waals surface area contributed by atoms with E-state index in [1.54, 1.807) is 18.5 Å². The van der Waals surface area contributed by atoms with Gasteiger partial charge in [0.1, 0.15) is 5.58 Å². The monoisotopic (exact) mass is 446 g/mol. The van der Waals surface area contributed by atoms with E-state index in [0.717, 1.165) is 27.8 Å². The number of furan rings is 1. The van der Waals surface area contributed by atoms with Gasteiger partial charge in [-0.3, -0.25) is 9.59 Å². The van der Waals surface area contributed by atoms with E-state index in [-0.39, 0.29) is 18.2 Å². The zero-order valence-electron chi connectivity index (χ0n) is 17.7. The van der Waals surface area contributed by atoms with Gasteiger partial charge in [-0.15, -0.1) is 0 Å². The van der Waals surface area contributed by atoms with E-state index in [1.165, 1.54) is 11.8 Å². The standard InChI is InChI=1S/C24H22N4O3S/c1-15-7-5-8-16(2)21(15)28-20(29)13-27-23(30)22-18(14-32-24-25-11-6-12-26-24)17-9-3-4-10-19(17)31-22/h3-12H,13-14H2,1-2H3,(H,27,30)(H,28,29). The van der Waals surface area contributed by atoms with Gasteiger partial charge in [0.05, 0.1) is 6.54 Å². The van der Waals surface area contributed by atoms with Gasteiger partial charge >= 0.3 is 0 Å². The fourth-order valence-corrected chi connectivity index (χ4v) is 4.19. The average molecular weight is 447 g/mol. The van der Waals surface area contributed by atoms with E-state index >= 15 is 0 Å². The van der Waals surface area contributed by atoms with Crippen LogP contribution < -0.4 is 10.6 Å². The molecule has 2 amide bonds. The van der Waals surface area contributed by atoms with Crippen molar-refractivity contribution in [2.24, 2.45) is 0 Å². The molecule has 0 aliphatic carbocycles. The van der Waals surface area contributed by atoms with Crippen LogP contribution in [0, 0.1) is 13.8 Å². The largest absolute Gasteiger partial charge is 0.451 e. The quantitative estimate of drug-likeness (QED) is 0.320. The zero-order valence-corrected chi connectivity index (χ0v) is 18.5. The molecule has 0 saturated heterocycles. The lowest BCUT2D eigenvalue weighted by Gasteiger charge is -2.11. The van der Waals surface area contributed by atoms with Crippen LogP contribution in [0.2, 0.25) is 0 Å². The number of carbonyl (C=O) groups excluding carboxylic acids is 2. The van der Waals surface area contributed by atoms with Crippen LogP contribution in [0.1, 0.15) is 27.2 Å². The van der Waals surface area contributed by atoms with Crippen LogP contribution in [-0.2, 0) is 10.5 Å². The molecule has 4 rings (SSSR count). The Labute approximate surface area is 189 Å². The Kier molecular flexibility index (Phi) is 6.51. The highest BCUT2D eigenvalue weighted by molar-refractivity contribution is 7.98. The molecule has 4 aromatic rings. The molecule has 0 atom stereocenters. The molecule has 2 N–H and O–H groups in total. The van der Waals surface area contributed by atoms with E-state index < -0.39 is 5.91 Å². The molecule has 2 aromatic heterocycles. The number of hydrogen-bond donors (Lipinski definition) is 2. The normalized spacial score (nSPS) is 10.8. The Morgan fingerprint density at radius 3 is 2.44 bits per heavy atom. The summed E-state index contributed by atoms with van der Waals surface area (Å²) in [6, 6.07) is 15.0. The molecule has 2 aromatic carbocycles. The maximum atomic E-state index is 12.9. The van der Waals surface area contributed by atoms with Crippen molar-refractivity contribution >= 4 is 40.2 Å². The molecule has 8 heteroatoms. The Morgan fingerprint density at radius 2 is 1.69 bits per heavy atom. The minimum Gasteiger partial charge on any atom is -0.451 e. The number of rotatable bonds is 7. The van der Waals surface area contributed by atoms with E-state index in [1.807, 2.05) is 56.3 Å². The second-order valence-corrected chi connectivity index (χ2v) is 8.17. The van der Waals surface area contributed by atoms with Crippen LogP contribution in [0.3, 0.4) is 0 Å². The average Bonchev–Trinajstić information content (AvgIpc) is 3.18. The Morgan fingerprint density at radius 1 is 0.969 bits per heavy atom. The van der Waals surface area contributed by atoms with Crippen molar-refractivity contribution in [1.29, 1.82) is 0 Å². The van der Waals surface area contributed by atoms with Gasteiger partial charge in [0.15, 0.2) is 10.9 Å². The third-order valence-corrected chi connectivity index (χ3v) is 5.85. The SMILES string of the molecule is Cc1cccc(C)c1NC(=O)CNC(=O)c1oc2ccccc2c1CSc1ncccn1. The molecular weight excluding hydrogens is 424 g/mol. The maximum Gasteiger partial charge on any atom is 0.287 e. The number of amides is 2. The number of fused-ring (bicyclic) bond motifs is 1. The minimum absolute atomic E-state index is 0.169. The first kappa shape index (κ1) is 21.6. The van der Waals surface area contributed by atoms with Crippen molar-refractivity contribution in [3.05, 3.63) is 83.4 Å². The molecule has 0 bridgehead atoms. The zero-order chi connectivity index (χ0) is 22.5. The van der Waals surface area contributed by atoms with Gasteiger partial charge in [0.25, 0.3) is 5.91 Å². The highest BCUT2D eigenvalue weighted by Gasteiger charge is 2.21. The van der Waals surface area contributed by atoms with Gasteiger partial charge in [-0.1, -0.05) is 48.2 Å². The molecule has 0 aliphatic rings. The molecule has 0 radical (unpaired) electrons. The summed E-state index contributed by atoms with van der Waals surface area (Å²) < 4.78 is 5.84. The first-order valence-corrected chi connectivity index (χ1v) is 11.1. The predicted molar refractivity (Wildman–Crippen MR) is 125 cm³/mol. The Bertz CT molecular complexity index is 1250. The summed E-state index contributed by atoms with van der Waals surface area (Å²) in [5, 5.41) is 7.00. The first-order valence-electron chi connectivity index (χ1n) is 10.1. The van der Waals surface area contributed by atoms with Crippen LogP contribution in [0.5, 0.6) is 0 Å². The molecule has 0 aliphatic heterocycles. The molecule has 0 fully saturated rings. The van der Waals surface area contributed by atoms with Crippen LogP contribution in [0.15, 0.2) is 70.5 Å². The topological polar surface area (TPSA) is 97.1 Å². The number of para-hydroxylation sites is 2. The van der Waals surface area contributed by atoms with Crippen molar-refractivity contribution in [2.75, 3.05) is 11.9 Å². The maximum absolute atomic E-state index is 12.9. The van der Waals surface area contributed by atoms with Gasteiger partial charge in [-0.25, -0.2) is 9.97 Å². The summed E-state index contributed by atoms with van der Waals surface area (Å²) in [4.78, 5) is 33.8. The summed E-state index contributed by atoms with van der Waals surface area (Å²) in [7, 11) is 0. The molecule has 0 spiro atoms. The second-order valence-electron chi connectivity index (χ2n) is 7.22. The molecule has 2 heterocycles. The lowest BCUT2D eigenvalue weighted by molar-refractivity contribution is -0.115. The van der Waals surface area contributed by atoms with Crippen molar-refractivity contribution in [3.63, 3.8) is 0 Å². The number of hydrogen-bond acceptors (Lipinski definition) is 6. The van der Waals surface area contributed by atoms with Gasteiger partial charge in [0, 0.05) is 34.8 Å². The van der Waals surface area contributed by atoms with Crippen molar-refractivity contribution in [1.82, 2.24) is 15.3 Å². The Balaban J connectivity index is 1.48. The third kappa shape index (κ3) is 4.81. The van der Waals surface area contributed by atoms with E-state index in [2.05, 4.69) is 20.6 Å². The highest BCUT2D eigenvalue weighted by atomic mass is 32.2. The number of nitrogens with zero attached hydrogens (tertiary/aromatic N) is 2. The number of aryl methyl sites for hydroxylation is 2. The highest BCUT2D eigenvalue weighted by Crippen LogP contribution is 2.31. The second kappa shape index (κ2) is 9.65. The Hall–Kier alpha value is -3.65. The number of nitrogens with one attached hydrogen (secondary N) is 2. The number of aromatic nitrogens is 2. The van der Waals surface area contributed by atoms with Crippen LogP contribution in [0.4, 0.5) is 5.69 Å². The van der Waals surface area contributed by atoms with Crippen molar-refractivity contribution in [3.8, 4) is 0 Å². The summed E-state index contributed by atoms with van der Waals surface area (Å²) in [5.41, 5.74) is 4.04. The molecule has 0 unspecified atom stereocenters. The van der Waals surface area contributed by atoms with Crippen molar-refractivity contribution in [2.45, 2.75) is 24.8 Å². The molecule has 0 saturated carbocycles. The summed E-state index contributed by atoms with van der Waals surface area (Å²) >= 11 is 1.41. The fourth-order valence-electron chi connectivity index (χ4n) is 3.36. The van der Waals surface area contributed by atoms with E-state index in [9.17, 15) is 9.59 Å². The van der Waals surface area contributed by atoms with E-state index in [0.29, 0.717) is 16.5 Å². The van der Waals surface area contributed by atoms with E-state index in [4.69, 9.17) is 4.42 Å². The molecule has 162 valence electrons. The summed E-state index contributed by atoms with van der Waals surface area (Å²) in [6.45, 7) is 3.68. The lowest BCUT2D eigenvalue weighted by atomic mass is 10.1. The number of carbonyl (C=O) groups is 2. The minimum atomic E-state index is -0.442. The van der Waals surface area contributed by atoms with Gasteiger partial charge in [0.2, 0.25) is 5.91 Å². The van der Waals surface area contributed by atoms with Gasteiger partial charge in [-0.2, -0.15) is 0 Å². The molecule has 7 nitrogen and oxygen atoms in total. The predicted octanol–water partition coefficient (Wildman–Crippen LogP) is 4.50. The van der Waals surface area contributed by atoms with Crippen LogP contribution in [-0.4, -0.2) is 28.3 Å². The van der Waals surface area contributed by atoms with Crippen LogP contribution >= 0.6 is 11.8 Å². The lowest BCUT2D eigenvalue weighted by Crippen LogP contribution is -2.33. The van der Waals surface area contributed by atoms with Crippen LogP contribution in [0.25, 0.3) is 11.0 Å². The number of benzene rings is 2. The van der Waals surface area contributed by atoms with Gasteiger partial charge < -0.3 is 15.1 Å².